The number of carbonyl (C=O) groups excluding carboxylic acids is 1. The summed E-state index contributed by atoms with van der Waals surface area (Å²) in [5.41, 5.74) is 3.67. The zero-order valence-corrected chi connectivity index (χ0v) is 25.8. The van der Waals surface area contributed by atoms with Gasteiger partial charge in [0.15, 0.2) is 18.2 Å². The molecule has 1 N–H and O–H groups in total. The highest BCUT2D eigenvalue weighted by Crippen LogP contribution is 2.40. The Morgan fingerprint density at radius 1 is 0.935 bits per heavy atom. The van der Waals surface area contributed by atoms with E-state index in [4.69, 9.17) is 14.2 Å². The van der Waals surface area contributed by atoms with Crippen molar-refractivity contribution in [2.45, 2.75) is 53.0 Å². The number of alkyl halides is 3. The van der Waals surface area contributed by atoms with Gasteiger partial charge in [0.25, 0.3) is 0 Å². The van der Waals surface area contributed by atoms with Gasteiger partial charge in [0.1, 0.15) is 24.1 Å². The number of aryl methyl sites for hydroxylation is 2. The van der Waals surface area contributed by atoms with Gasteiger partial charge in [-0.05, 0) is 69.5 Å². The van der Waals surface area contributed by atoms with Gasteiger partial charge in [0.05, 0.1) is 16.9 Å². The summed E-state index contributed by atoms with van der Waals surface area (Å²) < 4.78 is 73.1. The van der Waals surface area contributed by atoms with Crippen LogP contribution in [0.25, 0.3) is 28.0 Å². The zero-order valence-electron chi connectivity index (χ0n) is 25.8. The van der Waals surface area contributed by atoms with E-state index in [1.165, 1.54) is 12.1 Å². The summed E-state index contributed by atoms with van der Waals surface area (Å²) in [7, 11) is 0. The summed E-state index contributed by atoms with van der Waals surface area (Å²) in [5, 5.41) is 2.67. The molecule has 5 rings (SSSR count). The van der Waals surface area contributed by atoms with Gasteiger partial charge >= 0.3 is 12.3 Å². The normalized spacial score (nSPS) is 11.8. The number of carbonyl (C=O) groups is 1. The van der Waals surface area contributed by atoms with Crippen molar-refractivity contribution in [1.82, 2.24) is 14.5 Å². The highest BCUT2D eigenvalue weighted by atomic mass is 19.4. The maximum atomic E-state index is 15.7. The largest absolute Gasteiger partial charge is 0.486 e. The van der Waals surface area contributed by atoms with E-state index in [0.717, 1.165) is 11.9 Å². The molecule has 0 unspecified atom stereocenters. The number of hydrogen-bond acceptors (Lipinski definition) is 6. The Morgan fingerprint density at radius 2 is 1.63 bits per heavy atom. The van der Waals surface area contributed by atoms with E-state index < -0.39 is 30.3 Å². The molecule has 0 atom stereocenters. The molecule has 240 valence electrons. The van der Waals surface area contributed by atoms with Crippen LogP contribution in [-0.2, 0) is 11.3 Å². The molecular formula is C34H32F4N4O4. The standard InChI is InChI=1S/C34H32F4N4O4/c1-20-15-27(44-17-22-9-7-6-8-10-22)25(35)16-26(20)42-29(23-11-13-24(14-12-23)41-32(43)46-33(3,4)5)21(2)28-30(42)31(40-19-39-28)45-18-34(36,37)38/h6-16,19H,17-18H2,1-5H3,(H,41,43). The Kier molecular flexibility index (Phi) is 8.91. The van der Waals surface area contributed by atoms with Crippen LogP contribution < -0.4 is 14.8 Å². The average molecular weight is 637 g/mol. The molecule has 0 fully saturated rings. The van der Waals surface area contributed by atoms with Gasteiger partial charge in [-0.15, -0.1) is 0 Å². The van der Waals surface area contributed by atoms with E-state index >= 15 is 4.39 Å². The van der Waals surface area contributed by atoms with Crippen LogP contribution in [0.15, 0.2) is 73.1 Å². The number of amides is 1. The van der Waals surface area contributed by atoms with Crippen molar-refractivity contribution in [2.75, 3.05) is 11.9 Å². The smallest absolute Gasteiger partial charge is 0.422 e. The van der Waals surface area contributed by atoms with Crippen LogP contribution in [0.3, 0.4) is 0 Å². The number of halogens is 4. The zero-order chi connectivity index (χ0) is 33.2. The number of fused-ring (bicyclic) bond motifs is 1. The summed E-state index contributed by atoms with van der Waals surface area (Å²) >= 11 is 0. The molecular weight excluding hydrogens is 604 g/mol. The molecule has 3 aromatic carbocycles. The second-order valence-corrected chi connectivity index (χ2v) is 11.6. The summed E-state index contributed by atoms with van der Waals surface area (Å²) in [5.74, 6) is -0.972. The maximum absolute atomic E-state index is 15.7. The first-order valence-corrected chi connectivity index (χ1v) is 14.3. The van der Waals surface area contributed by atoms with E-state index in [0.29, 0.717) is 39.3 Å². The van der Waals surface area contributed by atoms with Crippen molar-refractivity contribution in [3.63, 3.8) is 0 Å². The molecule has 2 aromatic heterocycles. The molecule has 0 bridgehead atoms. The molecule has 0 saturated carbocycles. The molecule has 5 aromatic rings. The molecule has 0 aliphatic carbocycles. The van der Waals surface area contributed by atoms with E-state index in [2.05, 4.69) is 15.3 Å². The molecule has 0 saturated heterocycles. The Hall–Kier alpha value is -5.13. The fraction of sp³-hybridized carbons (Fsp3) is 0.265. The van der Waals surface area contributed by atoms with Crippen LogP contribution in [-0.4, -0.2) is 39.0 Å². The number of aromatic nitrogens is 3. The SMILES string of the molecule is Cc1cc(OCc2ccccc2)c(F)cc1-n1c(-c2ccc(NC(=O)OC(C)(C)C)cc2)c(C)c2ncnc(OCC(F)(F)F)c21. The predicted octanol–water partition coefficient (Wildman–Crippen LogP) is 8.71. The quantitative estimate of drug-likeness (QED) is 0.172. The number of hydrogen-bond donors (Lipinski definition) is 1. The third-order valence-corrected chi connectivity index (χ3v) is 6.85. The third-order valence-electron chi connectivity index (χ3n) is 6.85. The van der Waals surface area contributed by atoms with Gasteiger partial charge in [-0.25, -0.2) is 14.2 Å². The minimum atomic E-state index is -4.62. The summed E-state index contributed by atoms with van der Waals surface area (Å²) in [6.07, 6.45) is -4.13. The molecule has 0 spiro atoms. The maximum Gasteiger partial charge on any atom is 0.422 e. The van der Waals surface area contributed by atoms with Crippen molar-refractivity contribution in [3.8, 4) is 28.6 Å². The fourth-order valence-electron chi connectivity index (χ4n) is 4.94. The number of nitrogens with one attached hydrogen (secondary N) is 1. The van der Waals surface area contributed by atoms with Gasteiger partial charge in [0.2, 0.25) is 5.88 Å². The second kappa shape index (κ2) is 12.7. The lowest BCUT2D eigenvalue weighted by molar-refractivity contribution is -0.153. The van der Waals surface area contributed by atoms with Crippen LogP contribution in [0, 0.1) is 19.7 Å². The summed E-state index contributed by atoms with van der Waals surface area (Å²) in [6.45, 7) is 7.30. The lowest BCUT2D eigenvalue weighted by Gasteiger charge is -2.20. The van der Waals surface area contributed by atoms with Crippen molar-refractivity contribution >= 4 is 22.8 Å². The number of benzene rings is 3. The van der Waals surface area contributed by atoms with Gasteiger partial charge < -0.3 is 18.8 Å². The van der Waals surface area contributed by atoms with Crippen LogP contribution >= 0.6 is 0 Å². The monoisotopic (exact) mass is 636 g/mol. The van der Waals surface area contributed by atoms with E-state index in [1.54, 1.807) is 63.5 Å². The third kappa shape index (κ3) is 7.39. The molecule has 8 nitrogen and oxygen atoms in total. The van der Waals surface area contributed by atoms with E-state index in [1.807, 2.05) is 30.3 Å². The number of anilines is 1. The lowest BCUT2D eigenvalue weighted by Crippen LogP contribution is -2.27. The van der Waals surface area contributed by atoms with Gasteiger partial charge in [-0.3, -0.25) is 5.32 Å². The number of ether oxygens (including phenoxy) is 3. The fourth-order valence-corrected chi connectivity index (χ4v) is 4.94. The lowest BCUT2D eigenvalue weighted by atomic mass is 10.1. The number of rotatable bonds is 8. The van der Waals surface area contributed by atoms with Gasteiger partial charge in [-0.2, -0.15) is 18.2 Å². The Balaban J connectivity index is 1.62. The molecule has 0 radical (unpaired) electrons. The average Bonchev–Trinajstić information content (AvgIpc) is 3.28. The Labute approximate surface area is 263 Å². The van der Waals surface area contributed by atoms with Crippen molar-refractivity contribution in [1.29, 1.82) is 0 Å². The minimum absolute atomic E-state index is 0.0159. The van der Waals surface area contributed by atoms with E-state index in [-0.39, 0.29) is 23.8 Å². The van der Waals surface area contributed by atoms with Crippen molar-refractivity contribution < 1.29 is 36.6 Å². The van der Waals surface area contributed by atoms with E-state index in [9.17, 15) is 18.0 Å². The Morgan fingerprint density at radius 3 is 2.28 bits per heavy atom. The second-order valence-electron chi connectivity index (χ2n) is 11.6. The predicted molar refractivity (Wildman–Crippen MR) is 166 cm³/mol. The topological polar surface area (TPSA) is 87.5 Å². The molecule has 12 heteroatoms. The highest BCUT2D eigenvalue weighted by molar-refractivity contribution is 5.94. The summed E-state index contributed by atoms with van der Waals surface area (Å²) in [6, 6.07) is 18.8. The van der Waals surface area contributed by atoms with Crippen LogP contribution in [0.4, 0.5) is 28.0 Å². The van der Waals surface area contributed by atoms with Gasteiger partial charge in [0, 0.05) is 17.3 Å². The first-order chi connectivity index (χ1) is 21.7. The minimum Gasteiger partial charge on any atom is -0.486 e. The molecule has 0 aliphatic heterocycles. The molecule has 46 heavy (non-hydrogen) atoms. The molecule has 2 heterocycles. The van der Waals surface area contributed by atoms with Crippen LogP contribution in [0.5, 0.6) is 11.6 Å². The van der Waals surface area contributed by atoms with Crippen molar-refractivity contribution in [3.05, 3.63) is 95.6 Å². The summed E-state index contributed by atoms with van der Waals surface area (Å²) in [4.78, 5) is 20.7. The van der Waals surface area contributed by atoms with Crippen molar-refractivity contribution in [2.24, 2.45) is 0 Å². The van der Waals surface area contributed by atoms with Crippen LogP contribution in [0.1, 0.15) is 37.5 Å². The Bertz CT molecular complexity index is 1870. The van der Waals surface area contributed by atoms with Crippen LogP contribution in [0.2, 0.25) is 0 Å². The van der Waals surface area contributed by atoms with Gasteiger partial charge in [-0.1, -0.05) is 42.5 Å². The first-order valence-electron chi connectivity index (χ1n) is 14.3. The molecule has 1 amide bonds. The molecule has 0 aliphatic rings. The highest BCUT2D eigenvalue weighted by Gasteiger charge is 2.31. The number of nitrogens with zero attached hydrogens (tertiary/aromatic N) is 3. The first kappa shape index (κ1) is 32.3.